The first-order chi connectivity index (χ1) is 14.6. The molecule has 30 heavy (non-hydrogen) atoms. The number of amides is 1. The number of aromatic nitrogens is 2. The van der Waals surface area contributed by atoms with Crippen LogP contribution >= 0.6 is 0 Å². The van der Waals surface area contributed by atoms with Crippen molar-refractivity contribution in [2.24, 2.45) is 7.05 Å². The number of fused-ring (bicyclic) bond motifs is 1. The van der Waals surface area contributed by atoms with Crippen LogP contribution in [0.15, 0.2) is 48.7 Å². The van der Waals surface area contributed by atoms with Gasteiger partial charge in [-0.15, -0.1) is 0 Å². The monoisotopic (exact) mass is 401 g/mol. The van der Waals surface area contributed by atoms with Gasteiger partial charge in [0.1, 0.15) is 5.75 Å². The van der Waals surface area contributed by atoms with Crippen molar-refractivity contribution in [2.45, 2.75) is 51.8 Å². The van der Waals surface area contributed by atoms with Gasteiger partial charge in [-0.25, -0.2) is 0 Å². The van der Waals surface area contributed by atoms with Crippen molar-refractivity contribution in [3.63, 3.8) is 0 Å². The molecule has 0 bridgehead atoms. The van der Waals surface area contributed by atoms with E-state index in [-0.39, 0.29) is 12.0 Å². The van der Waals surface area contributed by atoms with Crippen molar-refractivity contribution in [3.8, 4) is 16.9 Å². The molecule has 3 aromatic rings. The number of carbonyl (C=O) groups is 1. The standard InChI is InChI=1S/C25H27N3O2/c1-17-22(16-27(2)26-17)19-12-10-18(11-13-19)14-28-15-20-6-5-9-23(24(20)25(28)29)30-21-7-3-4-8-21/h5-6,9-13,16,21H,3-4,7-8,14-15H2,1-2H3. The maximum absolute atomic E-state index is 13.2. The summed E-state index contributed by atoms with van der Waals surface area (Å²) in [6.45, 7) is 3.26. The van der Waals surface area contributed by atoms with Gasteiger partial charge in [0.15, 0.2) is 0 Å². The first-order valence-electron chi connectivity index (χ1n) is 10.8. The number of carbonyl (C=O) groups excluding carboxylic acids is 1. The van der Waals surface area contributed by atoms with Crippen LogP contribution < -0.4 is 4.74 Å². The van der Waals surface area contributed by atoms with Crippen LogP contribution in [-0.2, 0) is 20.1 Å². The lowest BCUT2D eigenvalue weighted by Crippen LogP contribution is -2.23. The highest BCUT2D eigenvalue weighted by Crippen LogP contribution is 2.34. The fraction of sp³-hybridized carbons (Fsp3) is 0.360. The number of ether oxygens (including phenoxy) is 1. The molecule has 1 aliphatic carbocycles. The zero-order valence-corrected chi connectivity index (χ0v) is 17.6. The number of nitrogens with zero attached hydrogens (tertiary/aromatic N) is 3. The number of benzene rings is 2. The lowest BCUT2D eigenvalue weighted by Gasteiger charge is -2.17. The molecule has 5 rings (SSSR count). The van der Waals surface area contributed by atoms with Gasteiger partial charge in [-0.2, -0.15) is 5.10 Å². The zero-order valence-electron chi connectivity index (χ0n) is 17.6. The summed E-state index contributed by atoms with van der Waals surface area (Å²) in [4.78, 5) is 15.1. The molecule has 1 amide bonds. The third-order valence-electron chi connectivity index (χ3n) is 6.22. The van der Waals surface area contributed by atoms with Gasteiger partial charge in [-0.1, -0.05) is 36.4 Å². The van der Waals surface area contributed by atoms with Crippen LogP contribution in [0.1, 0.15) is 52.9 Å². The van der Waals surface area contributed by atoms with Crippen LogP contribution in [0.25, 0.3) is 11.1 Å². The summed E-state index contributed by atoms with van der Waals surface area (Å²) < 4.78 is 8.05. The third-order valence-corrected chi connectivity index (χ3v) is 6.22. The summed E-state index contributed by atoms with van der Waals surface area (Å²) in [6.07, 6.45) is 6.90. The highest BCUT2D eigenvalue weighted by atomic mass is 16.5. The van der Waals surface area contributed by atoms with Crippen molar-refractivity contribution in [1.29, 1.82) is 0 Å². The van der Waals surface area contributed by atoms with Crippen molar-refractivity contribution in [1.82, 2.24) is 14.7 Å². The second-order valence-corrected chi connectivity index (χ2v) is 8.47. The molecule has 2 aromatic carbocycles. The molecule has 0 N–H and O–H groups in total. The average Bonchev–Trinajstić information content (AvgIpc) is 3.44. The van der Waals surface area contributed by atoms with E-state index in [1.807, 2.05) is 47.9 Å². The van der Waals surface area contributed by atoms with Crippen LogP contribution in [0, 0.1) is 6.92 Å². The Balaban J connectivity index is 1.32. The second-order valence-electron chi connectivity index (χ2n) is 8.47. The molecule has 154 valence electrons. The third kappa shape index (κ3) is 3.49. The van der Waals surface area contributed by atoms with E-state index >= 15 is 0 Å². The van der Waals surface area contributed by atoms with E-state index in [0.717, 1.165) is 52.1 Å². The fourth-order valence-corrected chi connectivity index (χ4v) is 4.69. The Bertz CT molecular complexity index is 1080. The quantitative estimate of drug-likeness (QED) is 0.613. The van der Waals surface area contributed by atoms with Gasteiger partial charge in [0.2, 0.25) is 0 Å². The largest absolute Gasteiger partial charge is 0.490 e. The molecular formula is C25H27N3O2. The highest BCUT2D eigenvalue weighted by molar-refractivity contribution is 6.01. The van der Waals surface area contributed by atoms with Crippen LogP contribution in [-0.4, -0.2) is 26.7 Å². The van der Waals surface area contributed by atoms with E-state index in [9.17, 15) is 4.79 Å². The lowest BCUT2D eigenvalue weighted by molar-refractivity contribution is 0.0761. The molecule has 2 aliphatic rings. The van der Waals surface area contributed by atoms with Gasteiger partial charge < -0.3 is 9.64 Å². The number of hydrogen-bond donors (Lipinski definition) is 0. The minimum absolute atomic E-state index is 0.0748. The summed E-state index contributed by atoms with van der Waals surface area (Å²) in [5.74, 6) is 0.833. The van der Waals surface area contributed by atoms with Crippen molar-refractivity contribution in [3.05, 3.63) is 71.0 Å². The molecule has 1 fully saturated rings. The topological polar surface area (TPSA) is 47.4 Å². The normalized spacial score (nSPS) is 16.3. The Morgan fingerprint density at radius 1 is 1.10 bits per heavy atom. The lowest BCUT2D eigenvalue weighted by atomic mass is 10.0. The molecule has 0 unspecified atom stereocenters. The maximum Gasteiger partial charge on any atom is 0.258 e. The second kappa shape index (κ2) is 7.63. The van der Waals surface area contributed by atoms with Crippen LogP contribution in [0.5, 0.6) is 5.75 Å². The molecule has 2 heterocycles. The summed E-state index contributed by atoms with van der Waals surface area (Å²) in [5, 5.41) is 4.42. The number of aryl methyl sites for hydroxylation is 2. The predicted molar refractivity (Wildman–Crippen MR) is 116 cm³/mol. The van der Waals surface area contributed by atoms with Gasteiger partial charge in [0, 0.05) is 31.9 Å². The summed E-state index contributed by atoms with van der Waals surface area (Å²) in [6, 6.07) is 14.4. The molecule has 5 heteroatoms. The molecular weight excluding hydrogens is 374 g/mol. The van der Waals surface area contributed by atoms with Gasteiger partial charge in [-0.05, 0) is 55.4 Å². The molecule has 0 spiro atoms. The SMILES string of the molecule is Cc1nn(C)cc1-c1ccc(CN2Cc3cccc(OC4CCCC4)c3C2=O)cc1. The summed E-state index contributed by atoms with van der Waals surface area (Å²) in [5.41, 5.74) is 6.25. The van der Waals surface area contributed by atoms with Gasteiger partial charge >= 0.3 is 0 Å². The molecule has 1 saturated carbocycles. The van der Waals surface area contributed by atoms with E-state index in [2.05, 4.69) is 29.4 Å². The van der Waals surface area contributed by atoms with Gasteiger partial charge in [-0.3, -0.25) is 9.48 Å². The minimum atomic E-state index is 0.0748. The molecule has 0 atom stereocenters. The molecule has 0 saturated heterocycles. The van der Waals surface area contributed by atoms with E-state index < -0.39 is 0 Å². The summed E-state index contributed by atoms with van der Waals surface area (Å²) >= 11 is 0. The van der Waals surface area contributed by atoms with Crippen molar-refractivity contribution in [2.75, 3.05) is 0 Å². The number of rotatable bonds is 5. The van der Waals surface area contributed by atoms with Crippen LogP contribution in [0.3, 0.4) is 0 Å². The molecule has 1 aromatic heterocycles. The van der Waals surface area contributed by atoms with E-state index in [0.29, 0.717) is 13.1 Å². The van der Waals surface area contributed by atoms with Crippen molar-refractivity contribution >= 4 is 5.91 Å². The average molecular weight is 402 g/mol. The number of hydrogen-bond acceptors (Lipinski definition) is 3. The van der Waals surface area contributed by atoms with E-state index in [4.69, 9.17) is 4.74 Å². The fourth-order valence-electron chi connectivity index (χ4n) is 4.69. The molecule has 1 aliphatic heterocycles. The van der Waals surface area contributed by atoms with Gasteiger partial charge in [0.25, 0.3) is 5.91 Å². The van der Waals surface area contributed by atoms with Crippen LogP contribution in [0.4, 0.5) is 0 Å². The Labute approximate surface area is 177 Å². The van der Waals surface area contributed by atoms with E-state index in [1.54, 1.807) is 0 Å². The first-order valence-corrected chi connectivity index (χ1v) is 10.8. The minimum Gasteiger partial charge on any atom is -0.490 e. The predicted octanol–water partition coefficient (Wildman–Crippen LogP) is 4.87. The highest BCUT2D eigenvalue weighted by Gasteiger charge is 2.31. The Hall–Kier alpha value is -3.08. The van der Waals surface area contributed by atoms with E-state index in [1.165, 1.54) is 12.8 Å². The van der Waals surface area contributed by atoms with Crippen LogP contribution in [0.2, 0.25) is 0 Å². The molecule has 0 radical (unpaired) electrons. The van der Waals surface area contributed by atoms with Gasteiger partial charge in [0.05, 0.1) is 17.4 Å². The maximum atomic E-state index is 13.2. The van der Waals surface area contributed by atoms with Crippen molar-refractivity contribution < 1.29 is 9.53 Å². The smallest absolute Gasteiger partial charge is 0.258 e. The Morgan fingerprint density at radius 3 is 2.57 bits per heavy atom. The zero-order chi connectivity index (χ0) is 20.7. The Kier molecular flexibility index (Phi) is 4.81. The summed E-state index contributed by atoms with van der Waals surface area (Å²) in [7, 11) is 1.94. The first kappa shape index (κ1) is 18.9. The Morgan fingerprint density at radius 2 is 1.87 bits per heavy atom. The molecule has 5 nitrogen and oxygen atoms in total.